The highest BCUT2D eigenvalue weighted by Crippen LogP contribution is 2.26. The SMILES string of the molecule is COc1c(C)cnc(CN2CCC(N(C)C(=O)NC3CCCC(C)CC3)CC2)c1C. The molecule has 1 aliphatic carbocycles. The molecule has 30 heavy (non-hydrogen) atoms. The second-order valence-corrected chi connectivity index (χ2v) is 9.42. The van der Waals surface area contributed by atoms with Crippen molar-refractivity contribution < 1.29 is 9.53 Å². The first-order chi connectivity index (χ1) is 14.4. The van der Waals surface area contributed by atoms with E-state index in [1.165, 1.54) is 19.3 Å². The number of hydrogen-bond acceptors (Lipinski definition) is 4. The normalized spacial score (nSPS) is 23.6. The number of pyridine rings is 1. The first kappa shape index (κ1) is 22.9. The summed E-state index contributed by atoms with van der Waals surface area (Å²) in [5.74, 6) is 1.74. The van der Waals surface area contributed by atoms with E-state index in [4.69, 9.17) is 4.74 Å². The van der Waals surface area contributed by atoms with Gasteiger partial charge in [-0.05, 0) is 51.9 Å². The number of nitrogens with zero attached hydrogens (tertiary/aromatic N) is 3. The zero-order chi connectivity index (χ0) is 21.7. The Labute approximate surface area is 182 Å². The van der Waals surface area contributed by atoms with Gasteiger partial charge >= 0.3 is 6.03 Å². The standard InChI is InChI=1S/C24H40N4O2/c1-17-7-6-8-20(10-9-17)26-24(29)27(4)21-11-13-28(14-12-21)16-22-19(3)23(30-5)18(2)15-25-22/h15,17,20-21H,6-14,16H2,1-5H3,(H,26,29). The number of nitrogens with one attached hydrogen (secondary N) is 1. The number of rotatable bonds is 5. The first-order valence-electron chi connectivity index (χ1n) is 11.6. The highest BCUT2D eigenvalue weighted by Gasteiger charge is 2.27. The largest absolute Gasteiger partial charge is 0.496 e. The number of carbonyl (C=O) groups excluding carboxylic acids is 1. The van der Waals surface area contributed by atoms with Crippen LogP contribution in [0.25, 0.3) is 0 Å². The van der Waals surface area contributed by atoms with Crippen LogP contribution < -0.4 is 10.1 Å². The third kappa shape index (κ3) is 5.65. The first-order valence-corrected chi connectivity index (χ1v) is 11.6. The number of likely N-dealkylation sites (tertiary alicyclic amines) is 1. The van der Waals surface area contributed by atoms with Gasteiger partial charge in [0, 0.05) is 56.1 Å². The summed E-state index contributed by atoms with van der Waals surface area (Å²) in [6.07, 6.45) is 9.90. The van der Waals surface area contributed by atoms with Gasteiger partial charge in [0.25, 0.3) is 0 Å². The molecule has 1 saturated heterocycles. The van der Waals surface area contributed by atoms with Crippen LogP contribution >= 0.6 is 0 Å². The van der Waals surface area contributed by atoms with Crippen molar-refractivity contribution in [3.8, 4) is 5.75 Å². The number of amides is 2. The minimum atomic E-state index is 0.105. The van der Waals surface area contributed by atoms with Crippen LogP contribution in [-0.2, 0) is 6.54 Å². The molecule has 2 heterocycles. The van der Waals surface area contributed by atoms with Crippen LogP contribution in [-0.4, -0.2) is 60.1 Å². The summed E-state index contributed by atoms with van der Waals surface area (Å²) in [7, 11) is 3.69. The molecule has 0 radical (unpaired) electrons. The average molecular weight is 417 g/mol. The molecule has 2 amide bonds. The van der Waals surface area contributed by atoms with Crippen molar-refractivity contribution in [1.29, 1.82) is 0 Å². The van der Waals surface area contributed by atoms with Crippen molar-refractivity contribution in [1.82, 2.24) is 20.1 Å². The van der Waals surface area contributed by atoms with Gasteiger partial charge in [-0.3, -0.25) is 9.88 Å². The van der Waals surface area contributed by atoms with Crippen LogP contribution in [0.1, 0.15) is 68.7 Å². The molecule has 0 aromatic carbocycles. The van der Waals surface area contributed by atoms with E-state index in [2.05, 4.69) is 29.0 Å². The van der Waals surface area contributed by atoms with E-state index in [0.717, 1.165) is 73.8 Å². The zero-order valence-corrected chi connectivity index (χ0v) is 19.5. The lowest BCUT2D eigenvalue weighted by molar-refractivity contribution is 0.128. The second-order valence-electron chi connectivity index (χ2n) is 9.42. The van der Waals surface area contributed by atoms with Gasteiger partial charge in [-0.25, -0.2) is 4.79 Å². The summed E-state index contributed by atoms with van der Waals surface area (Å²) >= 11 is 0. The summed E-state index contributed by atoms with van der Waals surface area (Å²) < 4.78 is 5.55. The predicted octanol–water partition coefficient (Wildman–Crippen LogP) is 4.28. The van der Waals surface area contributed by atoms with E-state index in [1.54, 1.807) is 7.11 Å². The Morgan fingerprint density at radius 1 is 1.20 bits per heavy atom. The molecular formula is C24H40N4O2. The van der Waals surface area contributed by atoms with Crippen LogP contribution in [0.5, 0.6) is 5.75 Å². The maximum Gasteiger partial charge on any atom is 0.317 e. The molecule has 3 rings (SSSR count). The van der Waals surface area contributed by atoms with E-state index in [1.807, 2.05) is 25.1 Å². The Balaban J connectivity index is 1.48. The Hall–Kier alpha value is -1.82. The molecule has 0 bridgehead atoms. The van der Waals surface area contributed by atoms with E-state index >= 15 is 0 Å². The highest BCUT2D eigenvalue weighted by atomic mass is 16.5. The lowest BCUT2D eigenvalue weighted by Gasteiger charge is -2.37. The van der Waals surface area contributed by atoms with Crippen LogP contribution in [0.3, 0.4) is 0 Å². The van der Waals surface area contributed by atoms with Crippen LogP contribution in [0, 0.1) is 19.8 Å². The minimum absolute atomic E-state index is 0.105. The molecule has 0 spiro atoms. The van der Waals surface area contributed by atoms with Crippen LogP contribution in [0.15, 0.2) is 6.20 Å². The van der Waals surface area contributed by atoms with Gasteiger partial charge < -0.3 is 15.0 Å². The van der Waals surface area contributed by atoms with Gasteiger partial charge in [0.2, 0.25) is 0 Å². The van der Waals surface area contributed by atoms with Crippen LogP contribution in [0.4, 0.5) is 4.79 Å². The fourth-order valence-corrected chi connectivity index (χ4v) is 4.98. The van der Waals surface area contributed by atoms with Crippen molar-refractivity contribution in [3.63, 3.8) is 0 Å². The number of urea groups is 1. The quantitative estimate of drug-likeness (QED) is 0.728. The van der Waals surface area contributed by atoms with Gasteiger partial charge in [-0.1, -0.05) is 19.8 Å². The van der Waals surface area contributed by atoms with Gasteiger partial charge in [-0.2, -0.15) is 0 Å². The molecule has 2 aliphatic rings. The van der Waals surface area contributed by atoms with Crippen molar-refractivity contribution in [2.45, 2.75) is 84.3 Å². The van der Waals surface area contributed by atoms with E-state index in [9.17, 15) is 4.79 Å². The maximum absolute atomic E-state index is 12.8. The average Bonchev–Trinajstić information content (AvgIpc) is 2.94. The molecule has 1 saturated carbocycles. The molecule has 2 atom stereocenters. The molecule has 1 aromatic heterocycles. The molecule has 2 unspecified atom stereocenters. The number of ether oxygens (including phenoxy) is 1. The van der Waals surface area contributed by atoms with Crippen molar-refractivity contribution >= 4 is 6.03 Å². The number of piperidine rings is 1. The second kappa shape index (κ2) is 10.5. The van der Waals surface area contributed by atoms with Gasteiger partial charge in [-0.15, -0.1) is 0 Å². The summed E-state index contributed by atoms with van der Waals surface area (Å²) in [6.45, 7) is 9.26. The summed E-state index contributed by atoms with van der Waals surface area (Å²) in [6, 6.07) is 0.761. The number of aryl methyl sites for hydroxylation is 1. The summed E-state index contributed by atoms with van der Waals surface area (Å²) in [5.41, 5.74) is 3.30. The zero-order valence-electron chi connectivity index (χ0n) is 19.5. The maximum atomic E-state index is 12.8. The van der Waals surface area contributed by atoms with E-state index in [-0.39, 0.29) is 6.03 Å². The number of aromatic nitrogens is 1. The Kier molecular flexibility index (Phi) is 7.98. The fraction of sp³-hybridized carbons (Fsp3) is 0.750. The minimum Gasteiger partial charge on any atom is -0.496 e. The highest BCUT2D eigenvalue weighted by molar-refractivity contribution is 5.74. The smallest absolute Gasteiger partial charge is 0.317 e. The van der Waals surface area contributed by atoms with Gasteiger partial charge in [0.05, 0.1) is 12.8 Å². The summed E-state index contributed by atoms with van der Waals surface area (Å²) in [4.78, 5) is 21.8. The van der Waals surface area contributed by atoms with E-state index in [0.29, 0.717) is 12.1 Å². The predicted molar refractivity (Wildman–Crippen MR) is 121 cm³/mol. The van der Waals surface area contributed by atoms with Gasteiger partial charge in [0.15, 0.2) is 0 Å². The molecular weight excluding hydrogens is 376 g/mol. The van der Waals surface area contributed by atoms with Crippen molar-refractivity contribution in [2.24, 2.45) is 5.92 Å². The van der Waals surface area contributed by atoms with Gasteiger partial charge in [0.1, 0.15) is 5.75 Å². The summed E-state index contributed by atoms with van der Waals surface area (Å²) in [5, 5.41) is 3.30. The molecule has 6 nitrogen and oxygen atoms in total. The third-order valence-corrected chi connectivity index (χ3v) is 7.13. The number of carbonyl (C=O) groups is 1. The number of methoxy groups -OCH3 is 1. The molecule has 1 aliphatic heterocycles. The molecule has 168 valence electrons. The Morgan fingerprint density at radius 2 is 1.93 bits per heavy atom. The molecule has 1 aromatic rings. The fourth-order valence-electron chi connectivity index (χ4n) is 4.98. The van der Waals surface area contributed by atoms with Crippen molar-refractivity contribution in [3.05, 3.63) is 23.0 Å². The number of hydrogen-bond donors (Lipinski definition) is 1. The van der Waals surface area contributed by atoms with Crippen molar-refractivity contribution in [2.75, 3.05) is 27.2 Å². The molecule has 2 fully saturated rings. The third-order valence-electron chi connectivity index (χ3n) is 7.13. The molecule has 6 heteroatoms. The monoisotopic (exact) mass is 416 g/mol. The lowest BCUT2D eigenvalue weighted by atomic mass is 10.0. The molecule has 1 N–H and O–H groups in total. The van der Waals surface area contributed by atoms with Crippen LogP contribution in [0.2, 0.25) is 0 Å². The lowest BCUT2D eigenvalue weighted by Crippen LogP contribution is -2.50. The van der Waals surface area contributed by atoms with E-state index < -0.39 is 0 Å². The Bertz CT molecular complexity index is 715. The Morgan fingerprint density at radius 3 is 2.63 bits per heavy atom. The topological polar surface area (TPSA) is 57.7 Å².